The summed E-state index contributed by atoms with van der Waals surface area (Å²) in [5.41, 5.74) is 0. The van der Waals surface area contributed by atoms with E-state index in [1.54, 1.807) is 6.08 Å². The number of rotatable bonds is 43. The molecule has 342 valence electrons. The van der Waals surface area contributed by atoms with E-state index < -0.39 is 39.5 Å². The summed E-state index contributed by atoms with van der Waals surface area (Å²) in [6.07, 6.45) is 0.198. The molecule has 0 bridgehead atoms. The second-order valence-corrected chi connectivity index (χ2v) is 14.1. The fourth-order valence-corrected chi connectivity index (χ4v) is 5.04. The fourth-order valence-electron chi connectivity index (χ4n) is 4.47. The van der Waals surface area contributed by atoms with E-state index in [2.05, 4.69) is 11.3 Å². The summed E-state index contributed by atoms with van der Waals surface area (Å²) in [6.45, 7) is 16.2. The van der Waals surface area contributed by atoms with Crippen LogP contribution in [0.4, 0.5) is 0 Å². The number of carboxylic acid groups (broad SMARTS) is 1. The summed E-state index contributed by atoms with van der Waals surface area (Å²) in [5, 5.41) is 8.17. The van der Waals surface area contributed by atoms with Crippen LogP contribution in [-0.2, 0) is 90.8 Å². The van der Waals surface area contributed by atoms with E-state index in [4.69, 9.17) is 66.3 Å². The molecule has 0 spiro atoms. The van der Waals surface area contributed by atoms with Crippen LogP contribution in [0.3, 0.4) is 0 Å². The molecule has 0 amide bonds. The first-order chi connectivity index (χ1) is 27.9. The molecule has 0 aromatic carbocycles. The molecule has 0 saturated carbocycles. The molecule has 3 atom stereocenters. The van der Waals surface area contributed by atoms with Crippen LogP contribution in [0, 0.1) is 0 Å². The first-order valence-corrected chi connectivity index (χ1v) is 20.6. The van der Waals surface area contributed by atoms with Crippen molar-refractivity contribution in [2.75, 3.05) is 165 Å². The maximum absolute atomic E-state index is 11.5. The molecule has 1 saturated heterocycles. The van der Waals surface area contributed by atoms with Gasteiger partial charge in [-0.15, -0.1) is 6.58 Å². The van der Waals surface area contributed by atoms with Gasteiger partial charge in [0.15, 0.2) is 5.79 Å². The summed E-state index contributed by atoms with van der Waals surface area (Å²) in [5.74, 6) is -3.92. The van der Waals surface area contributed by atoms with Crippen molar-refractivity contribution in [1.82, 2.24) is 0 Å². The van der Waals surface area contributed by atoms with Gasteiger partial charge >= 0.3 is 65.1 Å². The number of carboxylic acids is 1. The monoisotopic (exact) mass is 910 g/mol. The molecule has 60 heavy (non-hydrogen) atoms. The van der Waals surface area contributed by atoms with Crippen molar-refractivity contribution >= 4 is 22.1 Å². The van der Waals surface area contributed by atoms with Gasteiger partial charge in [-0.1, -0.05) is 6.08 Å². The van der Waals surface area contributed by atoms with E-state index in [0.29, 0.717) is 139 Å². The van der Waals surface area contributed by atoms with Gasteiger partial charge in [-0.2, -0.15) is 0 Å². The van der Waals surface area contributed by atoms with Crippen LogP contribution in [0.1, 0.15) is 20.3 Å². The summed E-state index contributed by atoms with van der Waals surface area (Å²) in [4.78, 5) is 22.1. The molecule has 0 aromatic rings. The molecular weight excluding hydrogens is 846 g/mol. The van der Waals surface area contributed by atoms with Gasteiger partial charge in [-0.05, 0) is 13.8 Å². The zero-order valence-corrected chi connectivity index (χ0v) is 40.7. The molecule has 1 aliphatic rings. The van der Waals surface area contributed by atoms with E-state index >= 15 is 0 Å². The Kier molecular flexibility index (Phi) is 43.2. The predicted octanol–water partition coefficient (Wildman–Crippen LogP) is -7.50. The zero-order chi connectivity index (χ0) is 42.6. The molecule has 3 unspecified atom stereocenters. The van der Waals surface area contributed by atoms with E-state index in [0.717, 1.165) is 0 Å². The van der Waals surface area contributed by atoms with Gasteiger partial charge in [-0.3, -0.25) is 4.79 Å². The molecule has 1 rings (SSSR count). The Morgan fingerprint density at radius 3 is 1.40 bits per heavy atom. The van der Waals surface area contributed by atoms with Gasteiger partial charge in [0.25, 0.3) is 0 Å². The minimum atomic E-state index is -5.24. The van der Waals surface area contributed by atoms with Crippen LogP contribution in [0.2, 0.25) is 0 Å². The summed E-state index contributed by atoms with van der Waals surface area (Å²) in [7, 11) is -5.24. The smallest absolute Gasteiger partial charge is 0.747 e. The number of ether oxygens (including phenoxy) is 15. The Bertz CT molecular complexity index is 1140. The first kappa shape index (κ1) is 62.1. The average Bonchev–Trinajstić information content (AvgIpc) is 3.52. The third-order valence-electron chi connectivity index (χ3n) is 7.23. The van der Waals surface area contributed by atoms with Crippen LogP contribution >= 0.6 is 0 Å². The minimum absolute atomic E-state index is 0. The number of carbonyl (C=O) groups is 2. The molecular formula is C36H64Na2O21S. The number of esters is 1. The van der Waals surface area contributed by atoms with Crippen molar-refractivity contribution in [3.63, 3.8) is 0 Å². The maximum atomic E-state index is 11.5. The Hall–Kier alpha value is 0.0300. The van der Waals surface area contributed by atoms with E-state index in [1.165, 1.54) is 0 Å². The summed E-state index contributed by atoms with van der Waals surface area (Å²) < 4.78 is 114. The quantitative estimate of drug-likeness (QED) is 0.0181. The maximum Gasteiger partial charge on any atom is 1.00 e. The van der Waals surface area contributed by atoms with Crippen molar-refractivity contribution in [3.05, 3.63) is 12.7 Å². The van der Waals surface area contributed by atoms with E-state index in [9.17, 15) is 27.7 Å². The predicted molar refractivity (Wildman–Crippen MR) is 198 cm³/mol. The number of carbonyl (C=O) groups excluding carboxylic acids is 2. The second kappa shape index (κ2) is 41.7. The normalized spacial score (nSPS) is 15.8. The van der Waals surface area contributed by atoms with Crippen molar-refractivity contribution in [2.45, 2.75) is 43.5 Å². The molecule has 0 aromatic heterocycles. The third-order valence-corrected chi connectivity index (χ3v) is 8.28. The van der Waals surface area contributed by atoms with Crippen LogP contribution in [0.15, 0.2) is 12.7 Å². The molecule has 1 fully saturated rings. The van der Waals surface area contributed by atoms with Gasteiger partial charge in [0.1, 0.15) is 28.9 Å². The molecule has 1 heterocycles. The number of aliphatic carboxylic acids is 1. The Balaban J connectivity index is 0. The largest absolute Gasteiger partial charge is 1.00 e. The van der Waals surface area contributed by atoms with Gasteiger partial charge in [0.2, 0.25) is 0 Å². The fraction of sp³-hybridized carbons (Fsp3) is 0.889. The van der Waals surface area contributed by atoms with Gasteiger partial charge in [0.05, 0.1) is 176 Å². The minimum Gasteiger partial charge on any atom is -0.747 e. The molecule has 0 N–H and O–H groups in total. The number of hydrogen-bond donors (Lipinski definition) is 0. The zero-order valence-electron chi connectivity index (χ0n) is 35.9. The molecule has 21 nitrogen and oxygen atoms in total. The molecule has 1 aliphatic heterocycles. The SMILES string of the molecule is C=CCOCC(COCC1COC(C)(C)O1)OCCOCCOCCOCCOCCOCCOCCOCCOCCOCCOC(=O)CC(C(=O)[O-])S(=O)(=O)[O-].[Na+].[Na+]. The van der Waals surface area contributed by atoms with Gasteiger partial charge < -0.3 is 85.5 Å². The molecule has 24 heteroatoms. The van der Waals surface area contributed by atoms with Crippen LogP contribution in [0.25, 0.3) is 0 Å². The Labute approximate surface area is 398 Å². The van der Waals surface area contributed by atoms with Crippen LogP contribution in [-0.4, -0.2) is 213 Å². The van der Waals surface area contributed by atoms with E-state index in [-0.39, 0.29) is 97.8 Å². The Morgan fingerprint density at radius 1 is 0.667 bits per heavy atom. The van der Waals surface area contributed by atoms with Crippen molar-refractivity contribution < 1.29 is 158 Å². The van der Waals surface area contributed by atoms with Crippen LogP contribution in [0.5, 0.6) is 0 Å². The van der Waals surface area contributed by atoms with Crippen molar-refractivity contribution in [2.24, 2.45) is 0 Å². The first-order valence-electron chi connectivity index (χ1n) is 19.1. The van der Waals surface area contributed by atoms with Gasteiger partial charge in [-0.25, -0.2) is 8.42 Å². The standard InChI is InChI=1S/C36H66O21S.2Na/c1-4-5-52-27-31(28-53-29-32-30-56-36(2,3)57-32)54-24-22-50-20-18-48-16-14-46-12-10-44-8-6-43-7-9-45-11-13-47-15-17-49-19-21-51-23-25-55-34(37)26-33(35(38)39)58(40,41)42;;/h4,31-33H,1,5-30H2,2-3H3,(H,38,39)(H,40,41,42);;/q;2*+1/p-2. The third kappa shape index (κ3) is 38.5. The van der Waals surface area contributed by atoms with E-state index in [1.807, 2.05) is 13.8 Å². The van der Waals surface area contributed by atoms with Gasteiger partial charge in [0, 0.05) is 0 Å². The average molecular weight is 911 g/mol. The summed E-state index contributed by atoms with van der Waals surface area (Å²) >= 11 is 0. The van der Waals surface area contributed by atoms with Crippen LogP contribution < -0.4 is 64.2 Å². The van der Waals surface area contributed by atoms with Crippen molar-refractivity contribution in [1.29, 1.82) is 0 Å². The molecule has 0 aliphatic carbocycles. The topological polar surface area (TPSA) is 253 Å². The Morgan fingerprint density at radius 2 is 1.05 bits per heavy atom. The number of hydrogen-bond acceptors (Lipinski definition) is 21. The molecule has 0 radical (unpaired) electrons. The summed E-state index contributed by atoms with van der Waals surface area (Å²) in [6, 6.07) is 0. The second-order valence-electron chi connectivity index (χ2n) is 12.5. The van der Waals surface area contributed by atoms with Crippen molar-refractivity contribution in [3.8, 4) is 0 Å².